The van der Waals surface area contributed by atoms with Crippen molar-refractivity contribution in [3.8, 4) is 0 Å². The molecule has 2 heterocycles. The van der Waals surface area contributed by atoms with Crippen LogP contribution < -0.4 is 10.2 Å². The summed E-state index contributed by atoms with van der Waals surface area (Å²) in [5, 5.41) is 4.92. The lowest BCUT2D eigenvalue weighted by Gasteiger charge is -2.20. The summed E-state index contributed by atoms with van der Waals surface area (Å²) in [5.74, 6) is -0.0841. The third kappa shape index (κ3) is 4.76. The van der Waals surface area contributed by atoms with Gasteiger partial charge in [-0.3, -0.25) is 4.79 Å². The maximum atomic E-state index is 12.6. The van der Waals surface area contributed by atoms with Crippen LogP contribution in [-0.2, 0) is 21.4 Å². The molecule has 1 aromatic heterocycles. The van der Waals surface area contributed by atoms with Crippen LogP contribution in [0.1, 0.15) is 24.6 Å². The molecule has 3 rings (SSSR count). The Morgan fingerprint density at radius 2 is 1.89 bits per heavy atom. The summed E-state index contributed by atoms with van der Waals surface area (Å²) in [5.41, 5.74) is 0.608. The molecule has 1 aromatic carbocycles. The van der Waals surface area contributed by atoms with E-state index < -0.39 is 10.0 Å². The highest BCUT2D eigenvalue weighted by atomic mass is 32.2. The van der Waals surface area contributed by atoms with E-state index in [9.17, 15) is 13.2 Å². The third-order valence-corrected chi connectivity index (χ3v) is 7.78. The highest BCUT2D eigenvalue weighted by Gasteiger charge is 2.27. The third-order valence-electron chi connectivity index (χ3n) is 4.99. The molecule has 27 heavy (non-hydrogen) atoms. The van der Waals surface area contributed by atoms with E-state index in [2.05, 4.69) is 11.4 Å². The molecule has 0 bridgehead atoms. The standard InChI is InChI=1S/C19H25N3O3S2/c1-15(21(2)14-17-6-5-13-26-17)19(23)20-16-7-9-18(10-8-16)27(24,25)22-11-3-4-12-22/h5-10,13,15H,3-4,11-12,14H2,1-2H3,(H,20,23)/p+1/t15-/m0/s1. The van der Waals surface area contributed by atoms with Gasteiger partial charge in [0.25, 0.3) is 5.91 Å². The lowest BCUT2D eigenvalue weighted by Crippen LogP contribution is -3.12. The van der Waals surface area contributed by atoms with Gasteiger partial charge in [0, 0.05) is 18.8 Å². The number of thiophene rings is 1. The van der Waals surface area contributed by atoms with Crippen LogP contribution in [0.25, 0.3) is 0 Å². The number of amides is 1. The molecule has 2 N–H and O–H groups in total. The average molecular weight is 409 g/mol. The van der Waals surface area contributed by atoms with Gasteiger partial charge in [-0.2, -0.15) is 4.31 Å². The molecule has 1 aliphatic heterocycles. The smallest absolute Gasteiger partial charge is 0.282 e. The molecule has 2 aromatic rings. The molecule has 0 aliphatic carbocycles. The van der Waals surface area contributed by atoms with E-state index in [4.69, 9.17) is 0 Å². The number of rotatable bonds is 7. The fraction of sp³-hybridized carbons (Fsp3) is 0.421. The van der Waals surface area contributed by atoms with Crippen molar-refractivity contribution in [1.82, 2.24) is 4.31 Å². The van der Waals surface area contributed by atoms with Gasteiger partial charge in [-0.1, -0.05) is 6.07 Å². The molecular weight excluding hydrogens is 382 g/mol. The van der Waals surface area contributed by atoms with Crippen molar-refractivity contribution in [2.45, 2.75) is 37.2 Å². The average Bonchev–Trinajstić information content (AvgIpc) is 3.35. The summed E-state index contributed by atoms with van der Waals surface area (Å²) < 4.78 is 26.6. The normalized spacial score (nSPS) is 17.6. The minimum Gasteiger partial charge on any atom is -0.323 e. The first-order chi connectivity index (χ1) is 12.9. The number of quaternary nitrogens is 1. The van der Waals surface area contributed by atoms with E-state index in [-0.39, 0.29) is 16.8 Å². The lowest BCUT2D eigenvalue weighted by molar-refractivity contribution is -0.907. The van der Waals surface area contributed by atoms with E-state index >= 15 is 0 Å². The predicted molar refractivity (Wildman–Crippen MR) is 107 cm³/mol. The molecule has 146 valence electrons. The van der Waals surface area contributed by atoms with Gasteiger partial charge in [0.1, 0.15) is 6.54 Å². The van der Waals surface area contributed by atoms with E-state index in [1.165, 1.54) is 9.18 Å². The van der Waals surface area contributed by atoms with Gasteiger partial charge in [0.05, 0.1) is 16.8 Å². The van der Waals surface area contributed by atoms with Gasteiger partial charge in [0.15, 0.2) is 6.04 Å². The quantitative estimate of drug-likeness (QED) is 0.731. The van der Waals surface area contributed by atoms with E-state index in [0.717, 1.165) is 24.3 Å². The van der Waals surface area contributed by atoms with Crippen LogP contribution in [0.2, 0.25) is 0 Å². The van der Waals surface area contributed by atoms with Crippen molar-refractivity contribution >= 4 is 33.0 Å². The fourth-order valence-corrected chi connectivity index (χ4v) is 5.42. The number of nitrogens with one attached hydrogen (secondary N) is 2. The molecule has 0 spiro atoms. The van der Waals surface area contributed by atoms with Crippen molar-refractivity contribution in [2.75, 3.05) is 25.5 Å². The highest BCUT2D eigenvalue weighted by molar-refractivity contribution is 7.89. The van der Waals surface area contributed by atoms with Crippen LogP contribution >= 0.6 is 11.3 Å². The summed E-state index contributed by atoms with van der Waals surface area (Å²) in [4.78, 5) is 15.1. The number of likely N-dealkylation sites (N-methyl/N-ethyl adjacent to an activating group) is 1. The number of sulfonamides is 1. The molecule has 0 saturated carbocycles. The van der Waals surface area contributed by atoms with E-state index in [1.54, 1.807) is 35.6 Å². The van der Waals surface area contributed by atoms with Gasteiger partial charge in [0.2, 0.25) is 10.0 Å². The number of anilines is 1. The monoisotopic (exact) mass is 408 g/mol. The Morgan fingerprint density at radius 1 is 1.22 bits per heavy atom. The first kappa shape index (κ1) is 20.0. The maximum Gasteiger partial charge on any atom is 0.282 e. The van der Waals surface area contributed by atoms with Crippen molar-refractivity contribution in [3.63, 3.8) is 0 Å². The highest BCUT2D eigenvalue weighted by Crippen LogP contribution is 2.22. The second-order valence-electron chi connectivity index (χ2n) is 6.95. The first-order valence-corrected chi connectivity index (χ1v) is 11.5. The summed E-state index contributed by atoms with van der Waals surface area (Å²) in [6, 6.07) is 10.3. The molecule has 1 aliphatic rings. The summed E-state index contributed by atoms with van der Waals surface area (Å²) in [6.45, 7) is 3.85. The Labute approximate surface area is 164 Å². The molecule has 1 saturated heterocycles. The van der Waals surface area contributed by atoms with E-state index in [1.807, 2.05) is 25.4 Å². The van der Waals surface area contributed by atoms with Gasteiger partial charge >= 0.3 is 0 Å². The summed E-state index contributed by atoms with van der Waals surface area (Å²) in [6.07, 6.45) is 1.82. The van der Waals surface area contributed by atoms with E-state index in [0.29, 0.717) is 18.8 Å². The number of hydrogen-bond acceptors (Lipinski definition) is 4. The van der Waals surface area contributed by atoms with Gasteiger partial charge in [-0.05, 0) is 55.5 Å². The number of hydrogen-bond donors (Lipinski definition) is 2. The largest absolute Gasteiger partial charge is 0.323 e. The Morgan fingerprint density at radius 3 is 2.48 bits per heavy atom. The van der Waals surface area contributed by atoms with Crippen molar-refractivity contribution < 1.29 is 18.1 Å². The minimum atomic E-state index is -3.43. The molecule has 8 heteroatoms. The van der Waals surface area contributed by atoms with Crippen LogP contribution in [0.5, 0.6) is 0 Å². The lowest BCUT2D eigenvalue weighted by atomic mass is 10.2. The van der Waals surface area contributed by atoms with Crippen LogP contribution in [0, 0.1) is 0 Å². The molecule has 1 amide bonds. The predicted octanol–water partition coefficient (Wildman–Crippen LogP) is 1.57. The molecular formula is C19H26N3O3S2+. The Balaban J connectivity index is 1.61. The van der Waals surface area contributed by atoms with Crippen LogP contribution in [0.15, 0.2) is 46.7 Å². The fourth-order valence-electron chi connectivity index (χ4n) is 3.10. The van der Waals surface area contributed by atoms with Gasteiger partial charge in [-0.15, -0.1) is 11.3 Å². The molecule has 2 atom stereocenters. The van der Waals surface area contributed by atoms with Gasteiger partial charge in [-0.25, -0.2) is 8.42 Å². The molecule has 0 radical (unpaired) electrons. The Hall–Kier alpha value is -1.74. The van der Waals surface area contributed by atoms with Crippen molar-refractivity contribution in [1.29, 1.82) is 0 Å². The minimum absolute atomic E-state index is 0.0841. The second-order valence-corrected chi connectivity index (χ2v) is 9.92. The molecule has 1 fully saturated rings. The topological polar surface area (TPSA) is 70.9 Å². The number of carbonyl (C=O) groups is 1. The van der Waals surface area contributed by atoms with Crippen LogP contribution in [0.4, 0.5) is 5.69 Å². The van der Waals surface area contributed by atoms with Crippen molar-refractivity contribution in [3.05, 3.63) is 46.7 Å². The molecule has 6 nitrogen and oxygen atoms in total. The van der Waals surface area contributed by atoms with Crippen molar-refractivity contribution in [2.24, 2.45) is 0 Å². The van der Waals surface area contributed by atoms with Crippen LogP contribution in [0.3, 0.4) is 0 Å². The Kier molecular flexibility index (Phi) is 6.31. The number of benzene rings is 1. The van der Waals surface area contributed by atoms with Crippen LogP contribution in [-0.4, -0.2) is 44.8 Å². The zero-order valence-electron chi connectivity index (χ0n) is 15.6. The second kappa shape index (κ2) is 8.52. The zero-order valence-corrected chi connectivity index (χ0v) is 17.3. The Bertz CT molecular complexity index is 858. The maximum absolute atomic E-state index is 12.6. The number of carbonyl (C=O) groups excluding carboxylic acids is 1. The first-order valence-electron chi connectivity index (χ1n) is 9.13. The summed E-state index contributed by atoms with van der Waals surface area (Å²) >= 11 is 1.69. The van der Waals surface area contributed by atoms with Gasteiger partial charge < -0.3 is 10.2 Å². The SMILES string of the molecule is C[C@@H](C(=O)Nc1ccc(S(=O)(=O)N2CCCC2)cc1)[NH+](C)Cc1cccs1. The number of nitrogens with zero attached hydrogens (tertiary/aromatic N) is 1. The molecule has 1 unspecified atom stereocenters. The summed E-state index contributed by atoms with van der Waals surface area (Å²) in [7, 11) is -1.43. The zero-order chi connectivity index (χ0) is 19.4.